The normalized spacial score (nSPS) is 11.4. The first-order valence-electron chi connectivity index (χ1n) is 7.21. The highest BCUT2D eigenvalue weighted by Gasteiger charge is 2.30. The van der Waals surface area contributed by atoms with Crippen LogP contribution in [0, 0.1) is 6.92 Å². The van der Waals surface area contributed by atoms with Crippen molar-refractivity contribution in [2.24, 2.45) is 0 Å². The Kier molecular flexibility index (Phi) is 4.54. The van der Waals surface area contributed by atoms with Crippen molar-refractivity contribution >= 4 is 23.1 Å². The van der Waals surface area contributed by atoms with Crippen LogP contribution in [0.15, 0.2) is 47.8 Å². The van der Waals surface area contributed by atoms with Crippen molar-refractivity contribution in [1.29, 1.82) is 0 Å². The Bertz CT molecular complexity index is 921. The lowest BCUT2D eigenvalue weighted by Crippen LogP contribution is -2.13. The maximum atomic E-state index is 12.8. The predicted molar refractivity (Wildman–Crippen MR) is 89.5 cm³/mol. The van der Waals surface area contributed by atoms with Crippen molar-refractivity contribution in [3.05, 3.63) is 64.8 Å². The zero-order chi connectivity index (χ0) is 18.0. The van der Waals surface area contributed by atoms with Gasteiger partial charge < -0.3 is 5.32 Å². The average molecular weight is 363 g/mol. The van der Waals surface area contributed by atoms with Gasteiger partial charge in [-0.25, -0.2) is 9.97 Å². The van der Waals surface area contributed by atoms with E-state index in [4.69, 9.17) is 0 Å². The number of hydrogen-bond donors (Lipinski definition) is 1. The molecule has 0 bridgehead atoms. The lowest BCUT2D eigenvalue weighted by Gasteiger charge is -2.07. The lowest BCUT2D eigenvalue weighted by atomic mass is 10.1. The second kappa shape index (κ2) is 6.64. The molecule has 0 unspecified atom stereocenters. The third kappa shape index (κ3) is 4.03. The minimum absolute atomic E-state index is 0.126. The molecule has 2 heterocycles. The predicted octanol–water partition coefficient (Wildman–Crippen LogP) is 4.78. The molecule has 0 saturated heterocycles. The van der Waals surface area contributed by atoms with Gasteiger partial charge in [0.15, 0.2) is 0 Å². The molecule has 3 aromatic rings. The third-order valence-electron chi connectivity index (χ3n) is 3.30. The molecule has 0 spiro atoms. The van der Waals surface area contributed by atoms with Crippen molar-refractivity contribution in [3.8, 4) is 10.6 Å². The Morgan fingerprint density at radius 3 is 2.60 bits per heavy atom. The smallest absolute Gasteiger partial charge is 0.305 e. The second-order valence-electron chi connectivity index (χ2n) is 5.23. The standard InChI is InChI=1S/C17H12F3N3OS/c1-10-4-2-7-14(21-10)23-15(24)13-9-25-16(22-13)11-5-3-6-12(8-11)17(18,19)20/h2-9H,1H3,(H,21,23,24). The van der Waals surface area contributed by atoms with Crippen LogP contribution in [0.2, 0.25) is 0 Å². The Balaban J connectivity index is 1.82. The highest BCUT2D eigenvalue weighted by Crippen LogP contribution is 2.33. The molecule has 0 aliphatic carbocycles. The maximum Gasteiger partial charge on any atom is 0.416 e. The molecule has 3 rings (SSSR count). The summed E-state index contributed by atoms with van der Waals surface area (Å²) in [6.45, 7) is 1.80. The number of hydrogen-bond acceptors (Lipinski definition) is 4. The van der Waals surface area contributed by atoms with E-state index in [1.54, 1.807) is 25.1 Å². The van der Waals surface area contributed by atoms with Gasteiger partial charge in [0.05, 0.1) is 5.56 Å². The first kappa shape index (κ1) is 17.1. The van der Waals surface area contributed by atoms with E-state index in [0.29, 0.717) is 16.4 Å². The maximum absolute atomic E-state index is 12.8. The van der Waals surface area contributed by atoms with Gasteiger partial charge in [-0.2, -0.15) is 13.2 Å². The number of carbonyl (C=O) groups is 1. The van der Waals surface area contributed by atoms with Crippen LogP contribution in [0.4, 0.5) is 19.0 Å². The van der Waals surface area contributed by atoms with E-state index >= 15 is 0 Å². The molecular formula is C17H12F3N3OS. The highest BCUT2D eigenvalue weighted by atomic mass is 32.1. The number of nitrogens with zero attached hydrogens (tertiary/aromatic N) is 2. The minimum Gasteiger partial charge on any atom is -0.305 e. The summed E-state index contributed by atoms with van der Waals surface area (Å²) in [5, 5.41) is 4.46. The van der Waals surface area contributed by atoms with E-state index in [1.165, 1.54) is 17.5 Å². The summed E-state index contributed by atoms with van der Waals surface area (Å²) in [7, 11) is 0. The van der Waals surface area contributed by atoms with Gasteiger partial charge in [-0.1, -0.05) is 18.2 Å². The number of benzene rings is 1. The van der Waals surface area contributed by atoms with Crippen molar-refractivity contribution in [1.82, 2.24) is 9.97 Å². The SMILES string of the molecule is Cc1cccc(NC(=O)c2csc(-c3cccc(C(F)(F)F)c3)n2)n1. The Labute approximate surface area is 145 Å². The minimum atomic E-state index is -4.43. The van der Waals surface area contributed by atoms with Crippen LogP contribution < -0.4 is 5.32 Å². The third-order valence-corrected chi connectivity index (χ3v) is 4.19. The van der Waals surface area contributed by atoms with Gasteiger partial charge in [-0.15, -0.1) is 11.3 Å². The number of thiazole rings is 1. The summed E-state index contributed by atoms with van der Waals surface area (Å²) < 4.78 is 38.4. The highest BCUT2D eigenvalue weighted by molar-refractivity contribution is 7.13. The summed E-state index contributed by atoms with van der Waals surface area (Å²) in [4.78, 5) is 20.5. The summed E-state index contributed by atoms with van der Waals surface area (Å²) in [6.07, 6.45) is -4.43. The van der Waals surface area contributed by atoms with Crippen LogP contribution in [-0.4, -0.2) is 15.9 Å². The number of alkyl halides is 3. The van der Waals surface area contributed by atoms with Crippen LogP contribution in [-0.2, 0) is 6.18 Å². The van der Waals surface area contributed by atoms with E-state index in [2.05, 4.69) is 15.3 Å². The van der Waals surface area contributed by atoms with Gasteiger partial charge in [0, 0.05) is 16.6 Å². The number of anilines is 1. The number of nitrogens with one attached hydrogen (secondary N) is 1. The van der Waals surface area contributed by atoms with Crippen LogP contribution in [0.1, 0.15) is 21.7 Å². The van der Waals surface area contributed by atoms with E-state index in [1.807, 2.05) is 0 Å². The van der Waals surface area contributed by atoms with E-state index in [-0.39, 0.29) is 5.69 Å². The van der Waals surface area contributed by atoms with Crippen molar-refractivity contribution in [3.63, 3.8) is 0 Å². The van der Waals surface area contributed by atoms with Crippen LogP contribution in [0.25, 0.3) is 10.6 Å². The van der Waals surface area contributed by atoms with Crippen molar-refractivity contribution < 1.29 is 18.0 Å². The molecule has 0 saturated carbocycles. The van der Waals surface area contributed by atoms with Gasteiger partial charge in [0.1, 0.15) is 16.5 Å². The number of pyridine rings is 1. The second-order valence-corrected chi connectivity index (χ2v) is 6.09. The molecule has 1 aromatic carbocycles. The van der Waals surface area contributed by atoms with Gasteiger partial charge in [-0.05, 0) is 31.2 Å². The lowest BCUT2D eigenvalue weighted by molar-refractivity contribution is -0.137. The summed E-state index contributed by atoms with van der Waals surface area (Å²) >= 11 is 1.10. The molecule has 128 valence electrons. The fraction of sp³-hybridized carbons (Fsp3) is 0.118. The quantitative estimate of drug-likeness (QED) is 0.728. The largest absolute Gasteiger partial charge is 0.416 e. The fourth-order valence-corrected chi connectivity index (χ4v) is 2.93. The number of amides is 1. The summed E-state index contributed by atoms with van der Waals surface area (Å²) in [5.74, 6) is -0.0776. The van der Waals surface area contributed by atoms with Gasteiger partial charge >= 0.3 is 6.18 Å². The number of rotatable bonds is 3. The summed E-state index contributed by atoms with van der Waals surface area (Å²) in [6, 6.07) is 10.0. The van der Waals surface area contributed by atoms with Crippen LogP contribution >= 0.6 is 11.3 Å². The Morgan fingerprint density at radius 2 is 1.88 bits per heavy atom. The molecule has 8 heteroatoms. The van der Waals surface area contributed by atoms with Gasteiger partial charge in [0.2, 0.25) is 0 Å². The van der Waals surface area contributed by atoms with Crippen LogP contribution in [0.5, 0.6) is 0 Å². The number of aryl methyl sites for hydroxylation is 1. The number of carbonyl (C=O) groups excluding carboxylic acids is 1. The molecule has 1 amide bonds. The fourth-order valence-electron chi connectivity index (χ4n) is 2.13. The molecule has 0 atom stereocenters. The topological polar surface area (TPSA) is 54.9 Å². The first-order valence-corrected chi connectivity index (χ1v) is 8.09. The number of halogens is 3. The molecular weight excluding hydrogens is 351 g/mol. The molecule has 1 N–H and O–H groups in total. The molecule has 0 aliphatic heterocycles. The zero-order valence-electron chi connectivity index (χ0n) is 13.0. The molecule has 25 heavy (non-hydrogen) atoms. The Morgan fingerprint density at radius 1 is 1.12 bits per heavy atom. The first-order chi connectivity index (χ1) is 11.8. The van der Waals surface area contributed by atoms with Gasteiger partial charge in [-0.3, -0.25) is 4.79 Å². The van der Waals surface area contributed by atoms with E-state index in [9.17, 15) is 18.0 Å². The van der Waals surface area contributed by atoms with E-state index < -0.39 is 17.6 Å². The van der Waals surface area contributed by atoms with Crippen molar-refractivity contribution in [2.45, 2.75) is 13.1 Å². The molecule has 4 nitrogen and oxygen atoms in total. The number of aromatic nitrogens is 2. The van der Waals surface area contributed by atoms with Gasteiger partial charge in [0.25, 0.3) is 5.91 Å². The molecule has 0 fully saturated rings. The monoisotopic (exact) mass is 363 g/mol. The zero-order valence-corrected chi connectivity index (χ0v) is 13.8. The summed E-state index contributed by atoms with van der Waals surface area (Å²) in [5.41, 5.74) is 0.434. The Hall–Kier alpha value is -2.74. The average Bonchev–Trinajstić information content (AvgIpc) is 3.04. The molecule has 0 aliphatic rings. The molecule has 2 aromatic heterocycles. The van der Waals surface area contributed by atoms with Crippen LogP contribution in [0.3, 0.4) is 0 Å². The molecule has 0 radical (unpaired) electrons. The van der Waals surface area contributed by atoms with E-state index in [0.717, 1.165) is 29.2 Å². The van der Waals surface area contributed by atoms with Crippen molar-refractivity contribution in [2.75, 3.05) is 5.32 Å².